The van der Waals surface area contributed by atoms with E-state index < -0.39 is 0 Å². The molecule has 0 radical (unpaired) electrons. The van der Waals surface area contributed by atoms with Crippen LogP contribution in [0.1, 0.15) is 19.9 Å². The molecule has 106 valence electrons. The van der Waals surface area contributed by atoms with Crippen molar-refractivity contribution in [2.45, 2.75) is 19.9 Å². The van der Waals surface area contributed by atoms with Crippen LogP contribution in [0.3, 0.4) is 0 Å². The molecule has 0 spiro atoms. The van der Waals surface area contributed by atoms with Gasteiger partial charge in [-0.05, 0) is 26.0 Å². The second kappa shape index (κ2) is 5.32. The van der Waals surface area contributed by atoms with E-state index in [2.05, 4.69) is 20.3 Å². The van der Waals surface area contributed by atoms with Gasteiger partial charge < -0.3 is 5.32 Å². The van der Waals surface area contributed by atoms with Crippen molar-refractivity contribution < 1.29 is 0 Å². The fourth-order valence-electron chi connectivity index (χ4n) is 2.15. The smallest absolute Gasteiger partial charge is 0.283 e. The zero-order chi connectivity index (χ0) is 14.8. The van der Waals surface area contributed by atoms with Gasteiger partial charge in [0.1, 0.15) is 0 Å². The Bertz CT molecular complexity index is 826. The molecule has 0 bridgehead atoms. The maximum Gasteiger partial charge on any atom is 0.283 e. The largest absolute Gasteiger partial charge is 0.325 e. The zero-order valence-electron chi connectivity index (χ0n) is 11.8. The van der Waals surface area contributed by atoms with Crippen molar-refractivity contribution >= 4 is 22.8 Å². The Hall–Kier alpha value is -2.76. The molecule has 3 aromatic rings. The molecule has 2 aromatic heterocycles. The van der Waals surface area contributed by atoms with Crippen LogP contribution in [0.25, 0.3) is 11.2 Å². The second-order valence-corrected chi connectivity index (χ2v) is 4.92. The van der Waals surface area contributed by atoms with E-state index in [1.165, 1.54) is 12.4 Å². The summed E-state index contributed by atoms with van der Waals surface area (Å²) in [5.41, 5.74) is 1.30. The van der Waals surface area contributed by atoms with Crippen LogP contribution in [-0.2, 0) is 0 Å². The van der Waals surface area contributed by atoms with Gasteiger partial charge in [-0.1, -0.05) is 18.2 Å². The predicted octanol–water partition coefficient (Wildman–Crippen LogP) is 2.51. The number of hydrogen-bond acceptors (Lipinski definition) is 5. The molecule has 0 aliphatic carbocycles. The van der Waals surface area contributed by atoms with Gasteiger partial charge in [0.15, 0.2) is 11.2 Å². The average molecular weight is 281 g/mol. The molecular weight excluding hydrogens is 266 g/mol. The van der Waals surface area contributed by atoms with Crippen LogP contribution in [-0.4, -0.2) is 19.5 Å². The number of rotatable bonds is 3. The summed E-state index contributed by atoms with van der Waals surface area (Å²) in [7, 11) is 0. The molecule has 1 N–H and O–H groups in total. The second-order valence-electron chi connectivity index (χ2n) is 4.92. The highest BCUT2D eigenvalue weighted by Crippen LogP contribution is 2.17. The molecule has 3 rings (SSSR count). The Morgan fingerprint density at radius 3 is 2.52 bits per heavy atom. The van der Waals surface area contributed by atoms with Crippen molar-refractivity contribution in [2.75, 3.05) is 5.32 Å². The number of para-hydroxylation sites is 1. The van der Waals surface area contributed by atoms with Gasteiger partial charge in [-0.3, -0.25) is 9.36 Å². The van der Waals surface area contributed by atoms with Gasteiger partial charge in [0, 0.05) is 24.1 Å². The van der Waals surface area contributed by atoms with E-state index in [0.717, 1.165) is 5.69 Å². The number of anilines is 2. The highest BCUT2D eigenvalue weighted by molar-refractivity contribution is 5.70. The van der Waals surface area contributed by atoms with Crippen molar-refractivity contribution in [3.8, 4) is 0 Å². The first-order valence-corrected chi connectivity index (χ1v) is 6.72. The highest BCUT2D eigenvalue weighted by Gasteiger charge is 2.14. The fourth-order valence-corrected chi connectivity index (χ4v) is 2.15. The lowest BCUT2D eigenvalue weighted by Crippen LogP contribution is -2.26. The Labute approximate surface area is 121 Å². The molecule has 0 atom stereocenters. The van der Waals surface area contributed by atoms with Crippen molar-refractivity contribution in [3.05, 3.63) is 53.1 Å². The van der Waals surface area contributed by atoms with Crippen LogP contribution in [0, 0.1) is 0 Å². The summed E-state index contributed by atoms with van der Waals surface area (Å²) in [6.07, 6.45) is 3.03. The number of nitrogens with one attached hydrogen (secondary N) is 1. The molecule has 1 aromatic carbocycles. The minimum atomic E-state index is -0.193. The number of nitrogens with zero attached hydrogens (tertiary/aromatic N) is 4. The Balaban J connectivity index is 2.21. The van der Waals surface area contributed by atoms with Gasteiger partial charge in [-0.15, -0.1) is 0 Å². The quantitative estimate of drug-likeness (QED) is 0.798. The first-order valence-electron chi connectivity index (χ1n) is 6.72. The first-order chi connectivity index (χ1) is 10.2. The van der Waals surface area contributed by atoms with E-state index in [1.54, 1.807) is 4.57 Å². The van der Waals surface area contributed by atoms with E-state index in [4.69, 9.17) is 0 Å². The van der Waals surface area contributed by atoms with E-state index in [-0.39, 0.29) is 17.1 Å². The van der Waals surface area contributed by atoms with E-state index in [1.807, 2.05) is 44.2 Å². The third-order valence-corrected chi connectivity index (χ3v) is 3.09. The molecule has 0 aliphatic rings. The molecule has 6 nitrogen and oxygen atoms in total. The summed E-state index contributed by atoms with van der Waals surface area (Å²) in [6.45, 7) is 3.86. The summed E-state index contributed by atoms with van der Waals surface area (Å²) in [5.74, 6) is 0.467. The molecule has 21 heavy (non-hydrogen) atoms. The van der Waals surface area contributed by atoms with Crippen LogP contribution >= 0.6 is 0 Å². The van der Waals surface area contributed by atoms with Crippen molar-refractivity contribution in [2.24, 2.45) is 0 Å². The lowest BCUT2D eigenvalue weighted by molar-refractivity contribution is 0.581. The topological polar surface area (TPSA) is 72.7 Å². The van der Waals surface area contributed by atoms with Gasteiger partial charge in [-0.2, -0.15) is 4.98 Å². The molecule has 2 heterocycles. The molecular formula is C15H15N5O. The molecule has 0 saturated heterocycles. The van der Waals surface area contributed by atoms with Gasteiger partial charge in [0.25, 0.3) is 5.56 Å². The Kier molecular flexibility index (Phi) is 3.35. The summed E-state index contributed by atoms with van der Waals surface area (Å²) in [5, 5.41) is 3.17. The minimum absolute atomic E-state index is 0.0392. The highest BCUT2D eigenvalue weighted by atomic mass is 16.1. The molecule has 0 saturated carbocycles. The van der Waals surface area contributed by atoms with Crippen LogP contribution < -0.4 is 10.9 Å². The van der Waals surface area contributed by atoms with Gasteiger partial charge in [0.2, 0.25) is 5.95 Å². The molecule has 0 aliphatic heterocycles. The third-order valence-electron chi connectivity index (χ3n) is 3.09. The molecule has 0 fully saturated rings. The number of hydrogen-bond donors (Lipinski definition) is 1. The molecule has 0 amide bonds. The van der Waals surface area contributed by atoms with E-state index in [0.29, 0.717) is 11.6 Å². The zero-order valence-corrected chi connectivity index (χ0v) is 11.8. The van der Waals surface area contributed by atoms with Crippen LogP contribution in [0.4, 0.5) is 11.6 Å². The van der Waals surface area contributed by atoms with E-state index >= 15 is 0 Å². The Morgan fingerprint density at radius 2 is 1.81 bits per heavy atom. The summed E-state index contributed by atoms with van der Waals surface area (Å²) in [6, 6.07) is 9.56. The third kappa shape index (κ3) is 2.47. The summed E-state index contributed by atoms with van der Waals surface area (Å²) < 4.78 is 1.59. The average Bonchev–Trinajstić information content (AvgIpc) is 2.48. The van der Waals surface area contributed by atoms with Crippen molar-refractivity contribution in [3.63, 3.8) is 0 Å². The van der Waals surface area contributed by atoms with Gasteiger partial charge >= 0.3 is 0 Å². The molecule has 6 heteroatoms. The maximum atomic E-state index is 12.6. The standard InChI is InChI=1S/C15H15N5O/c1-10(2)20-14(21)12-13(17-9-8-16-12)19-15(20)18-11-6-4-3-5-7-11/h3-10H,1-2H3,(H,17,18,19). The van der Waals surface area contributed by atoms with Crippen LogP contribution in [0.2, 0.25) is 0 Å². The Morgan fingerprint density at radius 1 is 1.10 bits per heavy atom. The number of benzene rings is 1. The number of aromatic nitrogens is 4. The predicted molar refractivity (Wildman–Crippen MR) is 81.7 cm³/mol. The fraction of sp³-hybridized carbons (Fsp3) is 0.200. The van der Waals surface area contributed by atoms with Crippen molar-refractivity contribution in [1.82, 2.24) is 19.5 Å². The summed E-state index contributed by atoms with van der Waals surface area (Å²) >= 11 is 0. The SMILES string of the molecule is CC(C)n1c(Nc2ccccc2)nc2nccnc2c1=O. The van der Waals surface area contributed by atoms with Crippen LogP contribution in [0.5, 0.6) is 0 Å². The van der Waals surface area contributed by atoms with Gasteiger partial charge in [0.05, 0.1) is 0 Å². The van der Waals surface area contributed by atoms with Crippen LogP contribution in [0.15, 0.2) is 47.5 Å². The van der Waals surface area contributed by atoms with E-state index in [9.17, 15) is 4.79 Å². The normalized spacial score (nSPS) is 11.0. The molecule has 0 unspecified atom stereocenters. The lowest BCUT2D eigenvalue weighted by atomic mass is 10.3. The monoisotopic (exact) mass is 281 g/mol. The minimum Gasteiger partial charge on any atom is -0.325 e. The number of fused-ring (bicyclic) bond motifs is 1. The summed E-state index contributed by atoms with van der Waals surface area (Å²) in [4.78, 5) is 25.2. The van der Waals surface area contributed by atoms with Gasteiger partial charge in [-0.25, -0.2) is 9.97 Å². The van der Waals surface area contributed by atoms with Crippen molar-refractivity contribution in [1.29, 1.82) is 0 Å². The maximum absolute atomic E-state index is 12.6. The lowest BCUT2D eigenvalue weighted by Gasteiger charge is -2.16. The first kappa shape index (κ1) is 13.2.